The van der Waals surface area contributed by atoms with Crippen molar-refractivity contribution < 1.29 is 31.9 Å². The Morgan fingerprint density at radius 1 is 1.09 bits per heavy atom. The summed E-state index contributed by atoms with van der Waals surface area (Å²) in [5.41, 5.74) is 0.210. The van der Waals surface area contributed by atoms with E-state index in [1.54, 1.807) is 24.3 Å². The van der Waals surface area contributed by atoms with E-state index in [1.165, 1.54) is 13.2 Å². The van der Waals surface area contributed by atoms with E-state index in [9.17, 15) is 22.4 Å². The zero-order chi connectivity index (χ0) is 24.9. The van der Waals surface area contributed by atoms with Crippen molar-refractivity contribution in [3.05, 3.63) is 58.3 Å². The van der Waals surface area contributed by atoms with E-state index in [4.69, 9.17) is 21.1 Å². The van der Waals surface area contributed by atoms with Crippen LogP contribution in [0.2, 0.25) is 4.34 Å². The Kier molecular flexibility index (Phi) is 8.04. The summed E-state index contributed by atoms with van der Waals surface area (Å²) in [6.45, 7) is -0.185. The van der Waals surface area contributed by atoms with Gasteiger partial charge in [0.2, 0.25) is 10.0 Å². The number of sulfonamides is 1. The second-order valence-electron chi connectivity index (χ2n) is 6.63. The van der Waals surface area contributed by atoms with Crippen molar-refractivity contribution in [1.29, 1.82) is 0 Å². The number of rotatable bonds is 8. The van der Waals surface area contributed by atoms with Crippen molar-refractivity contribution in [2.24, 2.45) is 0 Å². The van der Waals surface area contributed by atoms with E-state index < -0.39 is 27.7 Å². The summed E-state index contributed by atoms with van der Waals surface area (Å²) >= 11 is 6.86. The minimum absolute atomic E-state index is 0.0138. The molecule has 0 bridgehead atoms. The third kappa shape index (κ3) is 6.87. The first kappa shape index (κ1) is 25.4. The number of halogens is 2. The Bertz CT molecular complexity index is 1330. The molecule has 3 N–H and O–H groups in total. The number of amides is 2. The van der Waals surface area contributed by atoms with Gasteiger partial charge in [-0.2, -0.15) is 0 Å². The van der Waals surface area contributed by atoms with Crippen LogP contribution in [0.15, 0.2) is 42.5 Å². The second-order valence-corrected chi connectivity index (χ2v) is 10.1. The van der Waals surface area contributed by atoms with Gasteiger partial charge in [0, 0.05) is 6.07 Å². The number of hydrogen-bond donors (Lipinski definition) is 3. The molecular formula is C20H18ClFN4O6S2. The van der Waals surface area contributed by atoms with Crippen LogP contribution >= 0.6 is 22.9 Å². The number of nitrogens with zero attached hydrogens (tertiary/aromatic N) is 1. The molecular weight excluding hydrogens is 511 g/mol. The minimum atomic E-state index is -3.48. The van der Waals surface area contributed by atoms with Gasteiger partial charge in [-0.25, -0.2) is 22.5 Å². The molecule has 0 spiro atoms. The van der Waals surface area contributed by atoms with E-state index >= 15 is 0 Å². The van der Waals surface area contributed by atoms with Gasteiger partial charge in [-0.05, 0) is 24.3 Å². The van der Waals surface area contributed by atoms with Gasteiger partial charge in [0.1, 0.15) is 10.2 Å². The fraction of sp³-hybridized carbons (Fsp3) is 0.150. The lowest BCUT2D eigenvalue weighted by Crippen LogP contribution is -2.29. The molecule has 0 radical (unpaired) electrons. The van der Waals surface area contributed by atoms with Crippen LogP contribution in [0.25, 0.3) is 0 Å². The van der Waals surface area contributed by atoms with Gasteiger partial charge in [-0.15, -0.1) is 0 Å². The zero-order valence-electron chi connectivity index (χ0n) is 17.7. The molecule has 0 saturated carbocycles. The number of aromatic nitrogens is 1. The van der Waals surface area contributed by atoms with Gasteiger partial charge in [0.25, 0.3) is 0 Å². The Morgan fingerprint density at radius 3 is 2.44 bits per heavy atom. The van der Waals surface area contributed by atoms with Crippen molar-refractivity contribution >= 4 is 55.6 Å². The molecule has 3 aromatic rings. The average Bonchev–Trinajstić information content (AvgIpc) is 3.12. The molecule has 0 saturated heterocycles. The van der Waals surface area contributed by atoms with E-state index in [2.05, 4.69) is 20.3 Å². The summed E-state index contributed by atoms with van der Waals surface area (Å²) in [5, 5.41) is 4.62. The highest BCUT2D eigenvalue weighted by Gasteiger charge is 2.20. The molecule has 2 amide bonds. The summed E-state index contributed by atoms with van der Waals surface area (Å²) < 4.78 is 49.5. The van der Waals surface area contributed by atoms with Gasteiger partial charge in [-0.1, -0.05) is 35.1 Å². The van der Waals surface area contributed by atoms with Crippen molar-refractivity contribution in [3.8, 4) is 17.2 Å². The molecule has 1 aromatic heterocycles. The molecule has 34 heavy (non-hydrogen) atoms. The molecule has 3 rings (SSSR count). The van der Waals surface area contributed by atoms with Crippen LogP contribution in [0.4, 0.5) is 15.2 Å². The van der Waals surface area contributed by atoms with Crippen LogP contribution in [0.5, 0.6) is 17.2 Å². The summed E-state index contributed by atoms with van der Waals surface area (Å²) in [6.07, 6.45) is 0.974. The number of para-hydroxylation sites is 2. The number of carbonyl (C=O) groups is 2. The smallest absolute Gasteiger partial charge is 0.315 e. The van der Waals surface area contributed by atoms with Gasteiger partial charge in [0.15, 0.2) is 22.4 Å². The number of anilines is 2. The van der Waals surface area contributed by atoms with Crippen molar-refractivity contribution in [2.45, 2.75) is 6.54 Å². The predicted molar refractivity (Wildman–Crippen MR) is 126 cm³/mol. The first-order chi connectivity index (χ1) is 16.1. The van der Waals surface area contributed by atoms with Gasteiger partial charge in [0.05, 0.1) is 31.3 Å². The first-order valence-electron chi connectivity index (χ1n) is 9.38. The van der Waals surface area contributed by atoms with Gasteiger partial charge >= 0.3 is 11.8 Å². The number of thiazole rings is 1. The fourth-order valence-corrected chi connectivity index (χ4v) is 3.97. The van der Waals surface area contributed by atoms with E-state index in [0.29, 0.717) is 5.75 Å². The third-order valence-electron chi connectivity index (χ3n) is 4.06. The largest absolute Gasteiger partial charge is 0.493 e. The molecule has 0 aliphatic carbocycles. The van der Waals surface area contributed by atoms with Crippen LogP contribution in [0.3, 0.4) is 0 Å². The van der Waals surface area contributed by atoms with E-state index in [-0.39, 0.29) is 38.9 Å². The number of hydrogen-bond acceptors (Lipinski definition) is 8. The number of benzene rings is 2. The lowest BCUT2D eigenvalue weighted by molar-refractivity contribution is -0.133. The van der Waals surface area contributed by atoms with E-state index in [1.807, 2.05) is 0 Å². The Labute approximate surface area is 203 Å². The molecule has 1 heterocycles. The van der Waals surface area contributed by atoms with Crippen LogP contribution in [-0.4, -0.2) is 38.6 Å². The number of carbonyl (C=O) groups excluding carboxylic acids is 2. The van der Waals surface area contributed by atoms with Crippen molar-refractivity contribution in [3.63, 3.8) is 0 Å². The van der Waals surface area contributed by atoms with Gasteiger partial charge in [-0.3, -0.25) is 14.9 Å². The number of methoxy groups -OCH3 is 1. The summed E-state index contributed by atoms with van der Waals surface area (Å²) in [7, 11) is -2.04. The number of nitrogens with one attached hydrogen (secondary N) is 3. The Morgan fingerprint density at radius 2 is 1.76 bits per heavy atom. The lowest BCUT2D eigenvalue weighted by atomic mass is 10.2. The third-order valence-corrected chi connectivity index (χ3v) is 5.98. The highest BCUT2D eigenvalue weighted by molar-refractivity contribution is 7.88. The quantitative estimate of drug-likeness (QED) is 0.381. The Balaban J connectivity index is 1.72. The van der Waals surface area contributed by atoms with Gasteiger partial charge < -0.3 is 14.8 Å². The SMILES string of the molecule is COc1ccccc1Oc1cc(F)ccc1NC(=O)C(=O)Nc1nc(CNS(C)(=O)=O)c(Cl)s1. The minimum Gasteiger partial charge on any atom is -0.493 e. The fourth-order valence-electron chi connectivity index (χ4n) is 2.53. The average molecular weight is 529 g/mol. The van der Waals surface area contributed by atoms with Crippen LogP contribution in [-0.2, 0) is 26.2 Å². The molecule has 180 valence electrons. The Hall–Kier alpha value is -3.26. The monoisotopic (exact) mass is 528 g/mol. The normalized spacial score (nSPS) is 11.1. The maximum atomic E-state index is 13.8. The molecule has 14 heteroatoms. The topological polar surface area (TPSA) is 136 Å². The standard InChI is InChI=1S/C20H18ClFN4O6S2/c1-31-14-5-3-4-6-15(14)32-16-9-11(22)7-8-12(16)24-18(27)19(28)26-20-25-13(17(21)33-20)10-23-34(2,29)30/h3-9,23H,10H2,1-2H3,(H,24,27)(H,25,26,28). The second kappa shape index (κ2) is 10.8. The highest BCUT2D eigenvalue weighted by atomic mass is 35.5. The molecule has 0 aliphatic heterocycles. The summed E-state index contributed by atoms with van der Waals surface area (Å²) in [4.78, 5) is 28.8. The molecule has 0 atom stereocenters. The maximum absolute atomic E-state index is 13.8. The predicted octanol–water partition coefficient (Wildman–Crippen LogP) is 3.36. The first-order valence-corrected chi connectivity index (χ1v) is 12.5. The summed E-state index contributed by atoms with van der Waals surface area (Å²) in [5.74, 6) is -2.21. The molecule has 0 fully saturated rings. The number of ether oxygens (including phenoxy) is 2. The van der Waals surface area contributed by atoms with E-state index in [0.717, 1.165) is 29.7 Å². The van der Waals surface area contributed by atoms with Crippen LogP contribution in [0.1, 0.15) is 5.69 Å². The molecule has 0 unspecified atom stereocenters. The van der Waals surface area contributed by atoms with Crippen LogP contribution in [0, 0.1) is 5.82 Å². The highest BCUT2D eigenvalue weighted by Crippen LogP contribution is 2.35. The maximum Gasteiger partial charge on any atom is 0.315 e. The van der Waals surface area contributed by atoms with Crippen molar-refractivity contribution in [2.75, 3.05) is 24.0 Å². The van der Waals surface area contributed by atoms with Crippen LogP contribution < -0.4 is 24.8 Å². The lowest BCUT2D eigenvalue weighted by Gasteiger charge is -2.14. The molecule has 10 nitrogen and oxygen atoms in total. The molecule has 0 aliphatic rings. The summed E-state index contributed by atoms with van der Waals surface area (Å²) in [6, 6.07) is 10.00. The van der Waals surface area contributed by atoms with Crippen molar-refractivity contribution in [1.82, 2.24) is 9.71 Å². The zero-order valence-corrected chi connectivity index (χ0v) is 20.1. The molecule has 2 aromatic carbocycles.